The van der Waals surface area contributed by atoms with Crippen LogP contribution in [0.3, 0.4) is 0 Å². The van der Waals surface area contributed by atoms with Crippen LogP contribution in [0, 0.1) is 0 Å². The molecule has 0 bridgehead atoms. The van der Waals surface area contributed by atoms with E-state index in [2.05, 4.69) is 10.3 Å². The Kier molecular flexibility index (Phi) is 4.04. The molecule has 3 N–H and O–H groups in total. The van der Waals surface area contributed by atoms with Crippen molar-refractivity contribution in [3.8, 4) is 0 Å². The van der Waals surface area contributed by atoms with E-state index in [0.717, 1.165) is 13.1 Å². The maximum Gasteiger partial charge on any atom is 0.248 e. The van der Waals surface area contributed by atoms with E-state index in [1.165, 1.54) is 25.7 Å². The molecule has 0 saturated carbocycles. The molecule has 1 amide bonds. The molecule has 0 atom stereocenters. The van der Waals surface area contributed by atoms with Gasteiger partial charge in [-0.3, -0.25) is 15.1 Å². The highest BCUT2D eigenvalue weighted by Crippen LogP contribution is 2.08. The van der Waals surface area contributed by atoms with Gasteiger partial charge in [0.2, 0.25) is 5.91 Å². The predicted octanol–water partition coefficient (Wildman–Crippen LogP) is -0.148. The van der Waals surface area contributed by atoms with Crippen LogP contribution in [0.4, 0.5) is 0 Å². The first-order valence-electron chi connectivity index (χ1n) is 4.55. The fourth-order valence-corrected chi connectivity index (χ4v) is 1.54. The fraction of sp³-hybridized carbons (Fsp3) is 0.875. The van der Waals surface area contributed by atoms with Gasteiger partial charge in [0.15, 0.2) is 0 Å². The quantitative estimate of drug-likeness (QED) is 0.345. The highest BCUT2D eigenvalue weighted by atomic mass is 16.2. The first-order valence-corrected chi connectivity index (χ1v) is 4.55. The normalized spacial score (nSPS) is 20.1. The molecule has 1 rings (SSSR count). The van der Waals surface area contributed by atoms with Gasteiger partial charge in [0.05, 0.1) is 6.54 Å². The van der Waals surface area contributed by atoms with Crippen molar-refractivity contribution >= 4 is 5.91 Å². The molecule has 0 aromatic carbocycles. The van der Waals surface area contributed by atoms with Gasteiger partial charge in [-0.1, -0.05) is 12.8 Å². The summed E-state index contributed by atoms with van der Waals surface area (Å²) in [5.41, 5.74) is 2.15. The summed E-state index contributed by atoms with van der Waals surface area (Å²) < 4.78 is 0. The van der Waals surface area contributed by atoms with E-state index in [0.29, 0.717) is 6.54 Å². The number of hydrazine groups is 1. The minimum atomic E-state index is -0.0862. The summed E-state index contributed by atoms with van der Waals surface area (Å²) in [6.07, 6.45) is 5.00. The summed E-state index contributed by atoms with van der Waals surface area (Å²) in [6.45, 7) is 2.53. The van der Waals surface area contributed by atoms with Crippen LogP contribution < -0.4 is 11.3 Å². The van der Waals surface area contributed by atoms with Crippen LogP contribution in [0.1, 0.15) is 25.7 Å². The van der Waals surface area contributed by atoms with E-state index >= 15 is 0 Å². The summed E-state index contributed by atoms with van der Waals surface area (Å²) in [6, 6.07) is 0. The average molecular weight is 171 g/mol. The SMILES string of the molecule is NNC(=O)CN1CCCCCC1. The second-order valence-corrected chi connectivity index (χ2v) is 3.26. The molecule has 1 heterocycles. The number of nitrogens with two attached hydrogens (primary N) is 1. The molecular weight excluding hydrogens is 154 g/mol. The van der Waals surface area contributed by atoms with Gasteiger partial charge in [-0.2, -0.15) is 0 Å². The zero-order valence-electron chi connectivity index (χ0n) is 7.38. The van der Waals surface area contributed by atoms with Gasteiger partial charge in [0.25, 0.3) is 0 Å². The lowest BCUT2D eigenvalue weighted by Crippen LogP contribution is -2.40. The number of nitrogens with one attached hydrogen (secondary N) is 1. The number of hydrogen-bond donors (Lipinski definition) is 2. The van der Waals surface area contributed by atoms with Crippen molar-refractivity contribution in [3.63, 3.8) is 0 Å². The molecule has 0 aromatic rings. The zero-order valence-corrected chi connectivity index (χ0v) is 7.38. The van der Waals surface area contributed by atoms with E-state index in [-0.39, 0.29) is 5.91 Å². The minimum absolute atomic E-state index is 0.0862. The zero-order chi connectivity index (χ0) is 8.81. The lowest BCUT2D eigenvalue weighted by atomic mass is 10.2. The number of carbonyl (C=O) groups excluding carboxylic acids is 1. The molecule has 70 valence electrons. The Morgan fingerprint density at radius 1 is 1.25 bits per heavy atom. The van der Waals surface area contributed by atoms with Crippen LogP contribution >= 0.6 is 0 Å². The van der Waals surface area contributed by atoms with E-state index in [1.54, 1.807) is 0 Å². The van der Waals surface area contributed by atoms with Gasteiger partial charge in [0, 0.05) is 0 Å². The smallest absolute Gasteiger partial charge is 0.248 e. The second-order valence-electron chi connectivity index (χ2n) is 3.26. The van der Waals surface area contributed by atoms with Gasteiger partial charge < -0.3 is 0 Å². The second kappa shape index (κ2) is 5.11. The topological polar surface area (TPSA) is 58.4 Å². The van der Waals surface area contributed by atoms with Crippen LogP contribution in [-0.2, 0) is 4.79 Å². The maximum absolute atomic E-state index is 10.9. The number of carbonyl (C=O) groups is 1. The lowest BCUT2D eigenvalue weighted by molar-refractivity contribution is -0.122. The molecule has 0 aliphatic carbocycles. The van der Waals surface area contributed by atoms with E-state index in [9.17, 15) is 4.79 Å². The molecule has 1 aliphatic rings. The standard InChI is InChI=1S/C8H17N3O/c9-10-8(12)7-11-5-3-1-2-4-6-11/h1-7,9H2,(H,10,12). The van der Waals surface area contributed by atoms with Crippen molar-refractivity contribution in [3.05, 3.63) is 0 Å². The van der Waals surface area contributed by atoms with Crippen molar-refractivity contribution in [2.24, 2.45) is 5.84 Å². The molecule has 1 saturated heterocycles. The Morgan fingerprint density at radius 2 is 1.83 bits per heavy atom. The Balaban J connectivity index is 2.24. The molecule has 0 radical (unpaired) electrons. The molecule has 1 fully saturated rings. The maximum atomic E-state index is 10.9. The minimum Gasteiger partial charge on any atom is -0.294 e. The first kappa shape index (κ1) is 9.48. The van der Waals surface area contributed by atoms with Crippen molar-refractivity contribution < 1.29 is 4.79 Å². The Labute approximate surface area is 73.1 Å². The van der Waals surface area contributed by atoms with Gasteiger partial charge in [0.1, 0.15) is 0 Å². The van der Waals surface area contributed by atoms with Crippen molar-refractivity contribution in [2.75, 3.05) is 19.6 Å². The van der Waals surface area contributed by atoms with Crippen LogP contribution in [-0.4, -0.2) is 30.4 Å². The number of amides is 1. The highest BCUT2D eigenvalue weighted by molar-refractivity contribution is 5.77. The summed E-state index contributed by atoms with van der Waals surface area (Å²) in [5, 5.41) is 0. The van der Waals surface area contributed by atoms with E-state index in [4.69, 9.17) is 5.84 Å². The number of hydrogen-bond acceptors (Lipinski definition) is 3. The van der Waals surface area contributed by atoms with Gasteiger partial charge in [-0.05, 0) is 25.9 Å². The Morgan fingerprint density at radius 3 is 2.33 bits per heavy atom. The molecule has 0 aromatic heterocycles. The fourth-order valence-electron chi connectivity index (χ4n) is 1.54. The van der Waals surface area contributed by atoms with Crippen LogP contribution in [0.15, 0.2) is 0 Å². The molecule has 1 aliphatic heterocycles. The third-order valence-corrected chi connectivity index (χ3v) is 2.23. The van der Waals surface area contributed by atoms with Gasteiger partial charge >= 0.3 is 0 Å². The Hall–Kier alpha value is -0.610. The van der Waals surface area contributed by atoms with Crippen LogP contribution in [0.5, 0.6) is 0 Å². The lowest BCUT2D eigenvalue weighted by Gasteiger charge is -2.17. The van der Waals surface area contributed by atoms with Crippen LogP contribution in [0.25, 0.3) is 0 Å². The van der Waals surface area contributed by atoms with E-state index < -0.39 is 0 Å². The third-order valence-electron chi connectivity index (χ3n) is 2.23. The van der Waals surface area contributed by atoms with Gasteiger partial charge in [-0.15, -0.1) is 0 Å². The number of nitrogens with zero attached hydrogens (tertiary/aromatic N) is 1. The van der Waals surface area contributed by atoms with Gasteiger partial charge in [-0.25, -0.2) is 5.84 Å². The largest absolute Gasteiger partial charge is 0.294 e. The molecule has 0 spiro atoms. The third kappa shape index (κ3) is 3.19. The van der Waals surface area contributed by atoms with E-state index in [1.807, 2.05) is 0 Å². The molecule has 0 unspecified atom stereocenters. The van der Waals surface area contributed by atoms with Crippen molar-refractivity contribution in [1.29, 1.82) is 0 Å². The molecule has 4 heteroatoms. The summed E-state index contributed by atoms with van der Waals surface area (Å²) in [4.78, 5) is 13.1. The molecular formula is C8H17N3O. The summed E-state index contributed by atoms with van der Waals surface area (Å²) in [7, 11) is 0. The van der Waals surface area contributed by atoms with Crippen molar-refractivity contribution in [2.45, 2.75) is 25.7 Å². The van der Waals surface area contributed by atoms with Crippen LogP contribution in [0.2, 0.25) is 0 Å². The summed E-state index contributed by atoms with van der Waals surface area (Å²) in [5.74, 6) is 4.92. The first-order chi connectivity index (χ1) is 5.83. The average Bonchev–Trinajstić information content (AvgIpc) is 2.33. The predicted molar refractivity (Wildman–Crippen MR) is 47.2 cm³/mol. The molecule has 12 heavy (non-hydrogen) atoms. The molecule has 4 nitrogen and oxygen atoms in total. The highest BCUT2D eigenvalue weighted by Gasteiger charge is 2.11. The number of rotatable bonds is 2. The van der Waals surface area contributed by atoms with Crippen molar-refractivity contribution in [1.82, 2.24) is 10.3 Å². The monoisotopic (exact) mass is 171 g/mol. The number of likely N-dealkylation sites (tertiary alicyclic amines) is 1. The summed E-state index contributed by atoms with van der Waals surface area (Å²) >= 11 is 0. The Bertz CT molecular complexity index is 141.